The van der Waals surface area contributed by atoms with E-state index in [1.165, 1.54) is 0 Å². The molecule has 1 aromatic rings. The fraction of sp³-hybridized carbons (Fsp3) is 0.467. The highest BCUT2D eigenvalue weighted by molar-refractivity contribution is 5.76. The highest BCUT2D eigenvalue weighted by Gasteiger charge is 2.36. The topological polar surface area (TPSA) is 78.4 Å². The number of benzene rings is 1. The average molecular weight is 276 g/mol. The van der Waals surface area contributed by atoms with Crippen LogP contribution in [0.4, 0.5) is 4.79 Å². The average Bonchev–Trinajstić information content (AvgIpc) is 2.89. The zero-order chi connectivity index (χ0) is 14.4. The lowest BCUT2D eigenvalue weighted by Crippen LogP contribution is -2.48. The summed E-state index contributed by atoms with van der Waals surface area (Å²) in [6.45, 7) is 0.145. The summed E-state index contributed by atoms with van der Waals surface area (Å²) < 4.78 is 0. The zero-order valence-corrected chi connectivity index (χ0v) is 11.4. The highest BCUT2D eigenvalue weighted by Crippen LogP contribution is 2.38. The molecule has 1 fully saturated rings. The Labute approximate surface area is 118 Å². The number of hydrogen-bond donors (Lipinski definition) is 3. The molecule has 5 nitrogen and oxygen atoms in total. The van der Waals surface area contributed by atoms with Gasteiger partial charge in [0.05, 0.1) is 12.0 Å². The van der Waals surface area contributed by atoms with Crippen molar-refractivity contribution in [2.75, 3.05) is 6.54 Å². The van der Waals surface area contributed by atoms with Gasteiger partial charge in [-0.1, -0.05) is 43.2 Å². The maximum absolute atomic E-state index is 11.9. The van der Waals surface area contributed by atoms with E-state index in [0.29, 0.717) is 0 Å². The first kappa shape index (κ1) is 14.4. The molecule has 0 heterocycles. The summed E-state index contributed by atoms with van der Waals surface area (Å²) in [6.07, 6.45) is 3.95. The Balaban J connectivity index is 1.99. The van der Waals surface area contributed by atoms with Crippen LogP contribution in [0.3, 0.4) is 0 Å². The van der Waals surface area contributed by atoms with Gasteiger partial charge in [-0.3, -0.25) is 4.79 Å². The van der Waals surface area contributed by atoms with E-state index in [4.69, 9.17) is 5.11 Å². The van der Waals surface area contributed by atoms with E-state index >= 15 is 0 Å². The van der Waals surface area contributed by atoms with Crippen molar-refractivity contribution in [1.29, 1.82) is 0 Å². The third-order valence-corrected chi connectivity index (χ3v) is 3.76. The maximum Gasteiger partial charge on any atom is 0.315 e. The van der Waals surface area contributed by atoms with Crippen LogP contribution in [0.1, 0.15) is 37.7 Å². The van der Waals surface area contributed by atoms with Crippen molar-refractivity contribution in [3.8, 4) is 0 Å². The van der Waals surface area contributed by atoms with E-state index in [-0.39, 0.29) is 24.5 Å². The van der Waals surface area contributed by atoms with Gasteiger partial charge in [-0.25, -0.2) is 4.79 Å². The van der Waals surface area contributed by atoms with Gasteiger partial charge in [-0.2, -0.15) is 0 Å². The first-order chi connectivity index (χ1) is 9.62. The molecule has 3 N–H and O–H groups in total. The van der Waals surface area contributed by atoms with Crippen molar-refractivity contribution in [3.63, 3.8) is 0 Å². The van der Waals surface area contributed by atoms with Crippen LogP contribution in [-0.2, 0) is 10.3 Å². The van der Waals surface area contributed by atoms with Crippen LogP contribution in [0.5, 0.6) is 0 Å². The van der Waals surface area contributed by atoms with Crippen LogP contribution < -0.4 is 10.6 Å². The maximum atomic E-state index is 11.9. The first-order valence-corrected chi connectivity index (χ1v) is 6.96. The molecule has 0 aliphatic heterocycles. The van der Waals surface area contributed by atoms with Crippen LogP contribution in [0.15, 0.2) is 30.3 Å². The van der Waals surface area contributed by atoms with Gasteiger partial charge in [-0.15, -0.1) is 0 Å². The summed E-state index contributed by atoms with van der Waals surface area (Å²) in [4.78, 5) is 22.4. The molecule has 0 aromatic heterocycles. The first-order valence-electron chi connectivity index (χ1n) is 6.96. The molecule has 1 aliphatic carbocycles. The van der Waals surface area contributed by atoms with E-state index in [1.54, 1.807) is 0 Å². The van der Waals surface area contributed by atoms with Gasteiger partial charge in [0.25, 0.3) is 0 Å². The molecule has 0 atom stereocenters. The molecule has 2 rings (SSSR count). The molecule has 0 saturated heterocycles. The van der Waals surface area contributed by atoms with Crippen molar-refractivity contribution in [2.45, 2.75) is 37.6 Å². The SMILES string of the molecule is O=C(O)CCNC(=O)NC1(c2ccccc2)CCCC1. The standard InChI is InChI=1S/C15H20N2O3/c18-13(19)8-11-16-14(20)17-15(9-4-5-10-15)12-6-2-1-3-7-12/h1-3,6-7H,4-5,8-11H2,(H,18,19)(H2,16,17,20). The lowest BCUT2D eigenvalue weighted by molar-refractivity contribution is -0.136. The second-order valence-corrected chi connectivity index (χ2v) is 5.18. The Hall–Kier alpha value is -2.04. The molecule has 108 valence electrons. The van der Waals surface area contributed by atoms with Crippen molar-refractivity contribution < 1.29 is 14.7 Å². The van der Waals surface area contributed by atoms with Crippen molar-refractivity contribution in [2.24, 2.45) is 0 Å². The van der Waals surface area contributed by atoms with Gasteiger partial charge in [-0.05, 0) is 18.4 Å². The predicted octanol–water partition coefficient (Wildman–Crippen LogP) is 2.23. The molecule has 20 heavy (non-hydrogen) atoms. The number of carboxylic acids is 1. The zero-order valence-electron chi connectivity index (χ0n) is 11.4. The number of rotatable bonds is 5. The van der Waals surface area contributed by atoms with Crippen LogP contribution in [0.2, 0.25) is 0 Å². The molecular formula is C15H20N2O3. The second-order valence-electron chi connectivity index (χ2n) is 5.18. The summed E-state index contributed by atoms with van der Waals surface area (Å²) in [7, 11) is 0. The third-order valence-electron chi connectivity index (χ3n) is 3.76. The minimum atomic E-state index is -0.913. The molecule has 0 unspecified atom stereocenters. The Kier molecular flexibility index (Phi) is 4.61. The number of nitrogens with one attached hydrogen (secondary N) is 2. The number of urea groups is 1. The Morgan fingerprint density at radius 2 is 1.80 bits per heavy atom. The fourth-order valence-corrected chi connectivity index (χ4v) is 2.77. The molecule has 0 radical (unpaired) electrons. The summed E-state index contributed by atoms with van der Waals surface area (Å²) >= 11 is 0. The monoisotopic (exact) mass is 276 g/mol. The Bertz CT molecular complexity index is 467. The van der Waals surface area contributed by atoms with Crippen molar-refractivity contribution in [1.82, 2.24) is 10.6 Å². The van der Waals surface area contributed by atoms with E-state index in [9.17, 15) is 9.59 Å². The van der Waals surface area contributed by atoms with Crippen molar-refractivity contribution in [3.05, 3.63) is 35.9 Å². The largest absolute Gasteiger partial charge is 0.481 e. The van der Waals surface area contributed by atoms with E-state index < -0.39 is 5.97 Å². The van der Waals surface area contributed by atoms with E-state index in [1.807, 2.05) is 30.3 Å². The van der Waals surface area contributed by atoms with Gasteiger partial charge in [0, 0.05) is 6.54 Å². The van der Waals surface area contributed by atoms with Gasteiger partial charge in [0.1, 0.15) is 0 Å². The van der Waals surface area contributed by atoms with E-state index in [2.05, 4.69) is 10.6 Å². The lowest BCUT2D eigenvalue weighted by atomic mass is 9.88. The summed E-state index contributed by atoms with van der Waals surface area (Å²) in [5.74, 6) is -0.913. The number of aliphatic carboxylic acids is 1. The molecular weight excluding hydrogens is 256 g/mol. The molecule has 2 amide bonds. The minimum Gasteiger partial charge on any atom is -0.481 e. The van der Waals surface area contributed by atoms with E-state index in [0.717, 1.165) is 31.2 Å². The quantitative estimate of drug-likeness (QED) is 0.771. The van der Waals surface area contributed by atoms with Crippen LogP contribution >= 0.6 is 0 Å². The smallest absolute Gasteiger partial charge is 0.315 e. The van der Waals surface area contributed by atoms with Crippen LogP contribution in [0, 0.1) is 0 Å². The number of hydrogen-bond acceptors (Lipinski definition) is 2. The number of carbonyl (C=O) groups is 2. The normalized spacial score (nSPS) is 16.6. The molecule has 1 aliphatic rings. The summed E-state index contributed by atoms with van der Waals surface area (Å²) in [5, 5.41) is 14.2. The number of carboxylic acid groups (broad SMARTS) is 1. The Morgan fingerprint density at radius 1 is 1.15 bits per heavy atom. The highest BCUT2D eigenvalue weighted by atomic mass is 16.4. The van der Waals surface area contributed by atoms with Crippen molar-refractivity contribution >= 4 is 12.0 Å². The molecule has 5 heteroatoms. The molecule has 0 bridgehead atoms. The number of amides is 2. The summed E-state index contributed by atoms with van der Waals surface area (Å²) in [5.41, 5.74) is 0.806. The van der Waals surface area contributed by atoms with Gasteiger partial charge < -0.3 is 15.7 Å². The number of carbonyl (C=O) groups excluding carboxylic acids is 1. The minimum absolute atomic E-state index is 0.0637. The molecule has 0 spiro atoms. The Morgan fingerprint density at radius 3 is 2.40 bits per heavy atom. The predicted molar refractivity (Wildman–Crippen MR) is 75.4 cm³/mol. The van der Waals surface area contributed by atoms with Gasteiger partial charge >= 0.3 is 12.0 Å². The lowest BCUT2D eigenvalue weighted by Gasteiger charge is -2.31. The molecule has 1 aromatic carbocycles. The van der Waals surface area contributed by atoms with Gasteiger partial charge in [0.15, 0.2) is 0 Å². The summed E-state index contributed by atoms with van der Waals surface area (Å²) in [6, 6.07) is 9.67. The van der Waals surface area contributed by atoms with Crippen LogP contribution in [-0.4, -0.2) is 23.7 Å². The second kappa shape index (κ2) is 6.41. The third kappa shape index (κ3) is 3.50. The van der Waals surface area contributed by atoms with Gasteiger partial charge in [0.2, 0.25) is 0 Å². The molecule has 1 saturated carbocycles. The fourth-order valence-electron chi connectivity index (χ4n) is 2.77. The van der Waals surface area contributed by atoms with Crippen LogP contribution in [0.25, 0.3) is 0 Å².